The summed E-state index contributed by atoms with van der Waals surface area (Å²) in [6.45, 7) is 0.463. The van der Waals surface area contributed by atoms with Crippen LogP contribution in [0.3, 0.4) is 0 Å². The second-order valence-corrected chi connectivity index (χ2v) is 4.66. The summed E-state index contributed by atoms with van der Waals surface area (Å²) < 4.78 is 34.2. The topological polar surface area (TPSA) is 61.5 Å². The standard InChI is InChI=1S/C11H16FNO3S/c1-15-9-6-11(17(14)7-12)10(16-2)5-8(9)3-4-13/h5-6H,3-4,7,13H2,1-2H3. The van der Waals surface area contributed by atoms with Crippen molar-refractivity contribution in [2.75, 3.05) is 26.8 Å². The molecule has 0 saturated heterocycles. The molecule has 1 unspecified atom stereocenters. The molecule has 17 heavy (non-hydrogen) atoms. The molecule has 1 atom stereocenters. The summed E-state index contributed by atoms with van der Waals surface area (Å²) in [4.78, 5) is 0.299. The Balaban J connectivity index is 3.27. The number of rotatable bonds is 6. The first kappa shape index (κ1) is 13.9. The molecule has 0 fully saturated rings. The highest BCUT2D eigenvalue weighted by Crippen LogP contribution is 2.31. The number of methoxy groups -OCH3 is 2. The van der Waals surface area contributed by atoms with Crippen molar-refractivity contribution in [1.29, 1.82) is 0 Å². The molecule has 6 heteroatoms. The van der Waals surface area contributed by atoms with Crippen molar-refractivity contribution in [2.24, 2.45) is 5.73 Å². The smallest absolute Gasteiger partial charge is 0.169 e. The first-order valence-corrected chi connectivity index (χ1v) is 6.39. The fourth-order valence-corrected chi connectivity index (χ4v) is 2.24. The summed E-state index contributed by atoms with van der Waals surface area (Å²) in [6, 6.07) is 2.28. The maximum Gasteiger partial charge on any atom is 0.169 e. The van der Waals surface area contributed by atoms with E-state index in [1.54, 1.807) is 12.1 Å². The average Bonchev–Trinajstić information content (AvgIpc) is 2.37. The highest BCUT2D eigenvalue weighted by molar-refractivity contribution is 7.85. The Kier molecular flexibility index (Phi) is 5.37. The number of benzene rings is 1. The van der Waals surface area contributed by atoms with Gasteiger partial charge in [0, 0.05) is 6.07 Å². The van der Waals surface area contributed by atoms with E-state index in [0.717, 1.165) is 5.56 Å². The van der Waals surface area contributed by atoms with Crippen LogP contribution in [0, 0.1) is 0 Å². The predicted molar refractivity (Wildman–Crippen MR) is 64.7 cm³/mol. The quantitative estimate of drug-likeness (QED) is 0.837. The second kappa shape index (κ2) is 6.56. The average molecular weight is 261 g/mol. The minimum absolute atomic E-state index is 0.299. The van der Waals surface area contributed by atoms with Crippen molar-refractivity contribution < 1.29 is 18.1 Å². The van der Waals surface area contributed by atoms with E-state index < -0.39 is 16.8 Å². The van der Waals surface area contributed by atoms with Crippen LogP contribution < -0.4 is 15.2 Å². The van der Waals surface area contributed by atoms with Gasteiger partial charge in [-0.05, 0) is 24.6 Å². The van der Waals surface area contributed by atoms with E-state index in [2.05, 4.69) is 0 Å². The van der Waals surface area contributed by atoms with Gasteiger partial charge in [0.05, 0.1) is 29.9 Å². The monoisotopic (exact) mass is 261 g/mol. The molecule has 0 aliphatic heterocycles. The van der Waals surface area contributed by atoms with Gasteiger partial charge in [-0.25, -0.2) is 4.39 Å². The minimum Gasteiger partial charge on any atom is -0.496 e. The molecule has 0 heterocycles. The molecule has 0 spiro atoms. The molecule has 1 aromatic carbocycles. The van der Waals surface area contributed by atoms with Crippen molar-refractivity contribution in [2.45, 2.75) is 11.3 Å². The zero-order valence-corrected chi connectivity index (χ0v) is 10.7. The minimum atomic E-state index is -1.73. The van der Waals surface area contributed by atoms with Gasteiger partial charge in [-0.3, -0.25) is 4.21 Å². The number of hydrogen-bond donors (Lipinski definition) is 1. The highest BCUT2D eigenvalue weighted by Gasteiger charge is 2.15. The Morgan fingerprint density at radius 3 is 2.41 bits per heavy atom. The summed E-state index contributed by atoms with van der Waals surface area (Å²) in [6.07, 6.45) is 0.613. The van der Waals surface area contributed by atoms with Crippen molar-refractivity contribution in [1.82, 2.24) is 0 Å². The van der Waals surface area contributed by atoms with Crippen LogP contribution in [0.5, 0.6) is 11.5 Å². The molecule has 4 nitrogen and oxygen atoms in total. The van der Waals surface area contributed by atoms with Gasteiger partial charge in [-0.2, -0.15) is 0 Å². The molecule has 0 aliphatic carbocycles. The molecule has 1 rings (SSSR count). The molecule has 0 bridgehead atoms. The van der Waals surface area contributed by atoms with Gasteiger partial charge in [0.25, 0.3) is 0 Å². The molecular formula is C11H16FNO3S. The van der Waals surface area contributed by atoms with Gasteiger partial charge in [-0.15, -0.1) is 0 Å². The third-order valence-corrected chi connectivity index (χ3v) is 3.33. The molecular weight excluding hydrogens is 245 g/mol. The lowest BCUT2D eigenvalue weighted by Crippen LogP contribution is -2.06. The number of alkyl halides is 1. The predicted octanol–water partition coefficient (Wildman–Crippen LogP) is 1.24. The Morgan fingerprint density at radius 2 is 1.94 bits per heavy atom. The van der Waals surface area contributed by atoms with Crippen molar-refractivity contribution in [3.63, 3.8) is 0 Å². The zero-order valence-electron chi connectivity index (χ0n) is 9.86. The maximum absolute atomic E-state index is 12.5. The lowest BCUT2D eigenvalue weighted by atomic mass is 10.1. The fourth-order valence-electron chi connectivity index (χ4n) is 1.52. The van der Waals surface area contributed by atoms with Crippen LogP contribution in [0.1, 0.15) is 5.56 Å². The van der Waals surface area contributed by atoms with E-state index in [9.17, 15) is 8.60 Å². The van der Waals surface area contributed by atoms with Crippen LogP contribution in [0.4, 0.5) is 4.39 Å². The molecule has 0 saturated carbocycles. The van der Waals surface area contributed by atoms with Crippen LogP contribution in [-0.4, -0.2) is 31.0 Å². The van der Waals surface area contributed by atoms with Crippen LogP contribution in [0.2, 0.25) is 0 Å². The Morgan fingerprint density at radius 1 is 1.29 bits per heavy atom. The van der Waals surface area contributed by atoms with Crippen molar-refractivity contribution >= 4 is 10.8 Å². The normalized spacial score (nSPS) is 12.2. The molecule has 0 amide bonds. The van der Waals surface area contributed by atoms with Gasteiger partial charge in [0.15, 0.2) is 6.01 Å². The number of nitrogens with two attached hydrogens (primary N) is 1. The van der Waals surface area contributed by atoms with Gasteiger partial charge in [0.2, 0.25) is 0 Å². The Labute approximate surface area is 102 Å². The Hall–Kier alpha value is -1.14. The molecule has 0 aromatic heterocycles. The van der Waals surface area contributed by atoms with Crippen molar-refractivity contribution in [3.8, 4) is 11.5 Å². The zero-order chi connectivity index (χ0) is 12.8. The van der Waals surface area contributed by atoms with E-state index in [4.69, 9.17) is 15.2 Å². The van der Waals surface area contributed by atoms with Crippen LogP contribution in [0.25, 0.3) is 0 Å². The molecule has 0 radical (unpaired) electrons. The first-order valence-electron chi connectivity index (χ1n) is 5.07. The van der Waals surface area contributed by atoms with E-state index >= 15 is 0 Å². The lowest BCUT2D eigenvalue weighted by molar-refractivity contribution is 0.389. The van der Waals surface area contributed by atoms with Crippen LogP contribution >= 0.6 is 0 Å². The number of hydrogen-bond acceptors (Lipinski definition) is 4. The van der Waals surface area contributed by atoms with E-state index in [1.165, 1.54) is 14.2 Å². The largest absolute Gasteiger partial charge is 0.496 e. The molecule has 0 aliphatic rings. The van der Waals surface area contributed by atoms with Crippen LogP contribution in [-0.2, 0) is 17.2 Å². The fraction of sp³-hybridized carbons (Fsp3) is 0.455. The highest BCUT2D eigenvalue weighted by atomic mass is 32.2. The summed E-state index contributed by atoms with van der Waals surface area (Å²) in [5, 5.41) is 0. The Bertz CT molecular complexity index is 412. The number of ether oxygens (including phenoxy) is 2. The summed E-state index contributed by atoms with van der Waals surface area (Å²) in [5.41, 5.74) is 6.34. The van der Waals surface area contributed by atoms with Crippen molar-refractivity contribution in [3.05, 3.63) is 17.7 Å². The van der Waals surface area contributed by atoms with E-state index in [1.807, 2.05) is 0 Å². The summed E-state index contributed by atoms with van der Waals surface area (Å²) >= 11 is 0. The third-order valence-electron chi connectivity index (χ3n) is 2.32. The van der Waals surface area contributed by atoms with Gasteiger partial charge < -0.3 is 15.2 Å². The molecule has 2 N–H and O–H groups in total. The molecule has 1 aromatic rings. The van der Waals surface area contributed by atoms with Gasteiger partial charge in [-0.1, -0.05) is 0 Å². The lowest BCUT2D eigenvalue weighted by Gasteiger charge is -2.13. The first-order chi connectivity index (χ1) is 8.17. The van der Waals surface area contributed by atoms with Gasteiger partial charge >= 0.3 is 0 Å². The third kappa shape index (κ3) is 3.17. The summed E-state index contributed by atoms with van der Waals surface area (Å²) in [5.74, 6) is 0.943. The summed E-state index contributed by atoms with van der Waals surface area (Å²) in [7, 11) is 1.23. The molecule has 96 valence electrons. The maximum atomic E-state index is 12.5. The van der Waals surface area contributed by atoms with E-state index in [0.29, 0.717) is 29.4 Å². The SMILES string of the molecule is COc1cc(S(=O)CF)c(OC)cc1CCN. The number of halogens is 1. The second-order valence-electron chi connectivity index (χ2n) is 3.31. The van der Waals surface area contributed by atoms with Gasteiger partial charge in [0.1, 0.15) is 11.5 Å². The van der Waals surface area contributed by atoms with E-state index in [-0.39, 0.29) is 0 Å². The van der Waals surface area contributed by atoms with Crippen LogP contribution in [0.15, 0.2) is 17.0 Å².